The molecule has 154 valence electrons. The molecule has 2 aromatic carbocycles. The van der Waals surface area contributed by atoms with E-state index in [1.54, 1.807) is 24.3 Å². The fourth-order valence-electron chi connectivity index (χ4n) is 3.53. The van der Waals surface area contributed by atoms with E-state index < -0.39 is 22.6 Å². The van der Waals surface area contributed by atoms with Crippen molar-refractivity contribution in [3.8, 4) is 0 Å². The number of hydrogen-bond acceptors (Lipinski definition) is 5. The molecule has 0 aromatic heterocycles. The first-order valence-electron chi connectivity index (χ1n) is 9.13. The SMILES string of the molecule is O=CC(CN1CCN(c2cccc(C(F)(F)F)c2)CC1)c1ccccc1[N+](=O)[O-]. The van der Waals surface area contributed by atoms with Crippen molar-refractivity contribution in [3.63, 3.8) is 0 Å². The number of carbonyl (C=O) groups excluding carboxylic acids is 1. The number of nitro benzene ring substituents is 1. The quantitative estimate of drug-likeness (QED) is 0.415. The second-order valence-electron chi connectivity index (χ2n) is 6.89. The Morgan fingerprint density at radius 1 is 1.07 bits per heavy atom. The highest BCUT2D eigenvalue weighted by Crippen LogP contribution is 2.32. The highest BCUT2D eigenvalue weighted by molar-refractivity contribution is 5.66. The minimum absolute atomic E-state index is 0.0906. The van der Waals surface area contributed by atoms with Gasteiger partial charge < -0.3 is 9.69 Å². The summed E-state index contributed by atoms with van der Waals surface area (Å²) in [6.07, 6.45) is -3.68. The summed E-state index contributed by atoms with van der Waals surface area (Å²) in [5.41, 5.74) is 0.0972. The lowest BCUT2D eigenvalue weighted by Gasteiger charge is -2.37. The number of carbonyl (C=O) groups is 1. The molecule has 29 heavy (non-hydrogen) atoms. The summed E-state index contributed by atoms with van der Waals surface area (Å²) in [6, 6.07) is 11.4. The average molecular weight is 407 g/mol. The number of anilines is 1. The number of para-hydroxylation sites is 1. The minimum atomic E-state index is -4.39. The number of halogens is 3. The number of nitrogens with zero attached hydrogens (tertiary/aromatic N) is 3. The molecule has 0 spiro atoms. The molecule has 1 fully saturated rings. The average Bonchev–Trinajstić information content (AvgIpc) is 2.72. The molecule has 0 bridgehead atoms. The van der Waals surface area contributed by atoms with E-state index in [4.69, 9.17) is 0 Å². The molecule has 1 heterocycles. The van der Waals surface area contributed by atoms with Gasteiger partial charge in [0.15, 0.2) is 0 Å². The molecule has 3 rings (SSSR count). The first kappa shape index (κ1) is 20.8. The number of aldehydes is 1. The molecule has 1 unspecified atom stereocenters. The molecular formula is C20H20F3N3O3. The Morgan fingerprint density at radius 2 is 1.76 bits per heavy atom. The number of hydrogen-bond donors (Lipinski definition) is 0. The van der Waals surface area contributed by atoms with Crippen LogP contribution >= 0.6 is 0 Å². The van der Waals surface area contributed by atoms with Gasteiger partial charge in [0.2, 0.25) is 0 Å². The number of piperazine rings is 1. The maximum Gasteiger partial charge on any atom is 0.416 e. The van der Waals surface area contributed by atoms with Gasteiger partial charge in [0, 0.05) is 50.0 Å². The van der Waals surface area contributed by atoms with E-state index in [9.17, 15) is 28.1 Å². The molecule has 6 nitrogen and oxygen atoms in total. The lowest BCUT2D eigenvalue weighted by Crippen LogP contribution is -2.47. The van der Waals surface area contributed by atoms with E-state index in [1.807, 2.05) is 9.80 Å². The fourth-order valence-corrected chi connectivity index (χ4v) is 3.53. The van der Waals surface area contributed by atoms with Crippen LogP contribution in [0.25, 0.3) is 0 Å². The highest BCUT2D eigenvalue weighted by Gasteiger charge is 2.31. The van der Waals surface area contributed by atoms with Crippen molar-refractivity contribution >= 4 is 17.7 Å². The van der Waals surface area contributed by atoms with E-state index in [1.165, 1.54) is 12.1 Å². The molecule has 1 aliphatic heterocycles. The lowest BCUT2D eigenvalue weighted by molar-refractivity contribution is -0.385. The Kier molecular flexibility index (Phi) is 6.17. The van der Waals surface area contributed by atoms with Crippen molar-refractivity contribution in [1.82, 2.24) is 4.90 Å². The van der Waals surface area contributed by atoms with Gasteiger partial charge in [-0.3, -0.25) is 15.0 Å². The predicted molar refractivity (Wildman–Crippen MR) is 102 cm³/mol. The molecular weight excluding hydrogens is 387 g/mol. The third-order valence-corrected chi connectivity index (χ3v) is 5.06. The van der Waals surface area contributed by atoms with E-state index in [2.05, 4.69) is 0 Å². The maximum absolute atomic E-state index is 12.9. The van der Waals surface area contributed by atoms with Crippen molar-refractivity contribution < 1.29 is 22.9 Å². The van der Waals surface area contributed by atoms with Crippen molar-refractivity contribution in [2.45, 2.75) is 12.1 Å². The summed E-state index contributed by atoms with van der Waals surface area (Å²) in [4.78, 5) is 26.2. The maximum atomic E-state index is 12.9. The molecule has 1 saturated heterocycles. The smallest absolute Gasteiger partial charge is 0.369 e. The second-order valence-corrected chi connectivity index (χ2v) is 6.89. The van der Waals surface area contributed by atoms with Gasteiger partial charge in [-0.05, 0) is 18.2 Å². The summed E-state index contributed by atoms with van der Waals surface area (Å²) in [6.45, 7) is 2.42. The summed E-state index contributed by atoms with van der Waals surface area (Å²) < 4.78 is 38.8. The van der Waals surface area contributed by atoms with Gasteiger partial charge in [0.25, 0.3) is 5.69 Å². The van der Waals surface area contributed by atoms with Gasteiger partial charge in [0.1, 0.15) is 6.29 Å². The Hall–Kier alpha value is -2.94. The van der Waals surface area contributed by atoms with Crippen LogP contribution in [0.5, 0.6) is 0 Å². The van der Waals surface area contributed by atoms with E-state index >= 15 is 0 Å². The fraction of sp³-hybridized carbons (Fsp3) is 0.350. The molecule has 2 aromatic rings. The monoisotopic (exact) mass is 407 g/mol. The van der Waals surface area contributed by atoms with Crippen LogP contribution in [0.1, 0.15) is 17.0 Å². The molecule has 0 amide bonds. The van der Waals surface area contributed by atoms with Crippen LogP contribution in [0.4, 0.5) is 24.5 Å². The first-order chi connectivity index (χ1) is 13.8. The molecule has 9 heteroatoms. The van der Waals surface area contributed by atoms with E-state index in [0.29, 0.717) is 50.3 Å². The van der Waals surface area contributed by atoms with Crippen LogP contribution in [-0.2, 0) is 11.0 Å². The summed E-state index contributed by atoms with van der Waals surface area (Å²) >= 11 is 0. The first-order valence-corrected chi connectivity index (χ1v) is 9.13. The Bertz CT molecular complexity index is 881. The third kappa shape index (κ3) is 4.92. The van der Waals surface area contributed by atoms with E-state index in [-0.39, 0.29) is 5.69 Å². The standard InChI is InChI=1S/C20H20F3N3O3/c21-20(22,23)16-4-3-5-17(12-16)25-10-8-24(9-11-25)13-15(14-27)18-6-1-2-7-19(18)26(28)29/h1-7,12,14-15H,8-11,13H2. The van der Waals surface area contributed by atoms with Crippen LogP contribution in [0.3, 0.4) is 0 Å². The predicted octanol–water partition coefficient (Wildman–Crippen LogP) is 3.72. The second kappa shape index (κ2) is 8.60. The number of benzene rings is 2. The largest absolute Gasteiger partial charge is 0.416 e. The van der Waals surface area contributed by atoms with Crippen LogP contribution in [0.2, 0.25) is 0 Å². The number of rotatable bonds is 6. The van der Waals surface area contributed by atoms with Crippen LogP contribution < -0.4 is 4.90 Å². The zero-order valence-corrected chi connectivity index (χ0v) is 15.5. The topological polar surface area (TPSA) is 66.7 Å². The van der Waals surface area contributed by atoms with Crippen molar-refractivity contribution in [2.24, 2.45) is 0 Å². The summed E-state index contributed by atoms with van der Waals surface area (Å²) in [7, 11) is 0. The third-order valence-electron chi connectivity index (χ3n) is 5.06. The molecule has 1 atom stereocenters. The summed E-state index contributed by atoms with van der Waals surface area (Å²) in [5, 5.41) is 11.2. The molecule has 0 aliphatic carbocycles. The van der Waals surface area contributed by atoms with Crippen molar-refractivity contribution in [3.05, 3.63) is 69.8 Å². The minimum Gasteiger partial charge on any atom is -0.369 e. The van der Waals surface area contributed by atoms with Gasteiger partial charge in [-0.25, -0.2) is 0 Å². The van der Waals surface area contributed by atoms with E-state index in [0.717, 1.165) is 12.1 Å². The lowest BCUT2D eigenvalue weighted by atomic mass is 9.98. The molecule has 0 saturated carbocycles. The molecule has 0 N–H and O–H groups in total. The van der Waals surface area contributed by atoms with Crippen LogP contribution in [0.15, 0.2) is 48.5 Å². The Morgan fingerprint density at radius 3 is 2.38 bits per heavy atom. The summed E-state index contributed by atoms with van der Waals surface area (Å²) in [5.74, 6) is -0.642. The van der Waals surface area contributed by atoms with Gasteiger partial charge in [-0.1, -0.05) is 24.3 Å². The normalized spacial score (nSPS) is 16.4. The molecule has 0 radical (unpaired) electrons. The number of alkyl halides is 3. The van der Waals surface area contributed by atoms with Gasteiger partial charge >= 0.3 is 6.18 Å². The zero-order chi connectivity index (χ0) is 21.0. The Balaban J connectivity index is 1.65. The van der Waals surface area contributed by atoms with Gasteiger partial charge in [0.05, 0.1) is 16.4 Å². The Labute approximate surface area is 165 Å². The van der Waals surface area contributed by atoms with Gasteiger partial charge in [-0.15, -0.1) is 0 Å². The van der Waals surface area contributed by atoms with Crippen molar-refractivity contribution in [2.75, 3.05) is 37.6 Å². The highest BCUT2D eigenvalue weighted by atomic mass is 19.4. The van der Waals surface area contributed by atoms with Crippen molar-refractivity contribution in [1.29, 1.82) is 0 Å². The van der Waals surface area contributed by atoms with Crippen LogP contribution in [-0.4, -0.2) is 48.8 Å². The number of nitro groups is 1. The van der Waals surface area contributed by atoms with Gasteiger partial charge in [-0.2, -0.15) is 13.2 Å². The molecule has 1 aliphatic rings. The van der Waals surface area contributed by atoms with Crippen LogP contribution in [0, 0.1) is 10.1 Å². The zero-order valence-electron chi connectivity index (χ0n) is 15.5.